The molecule has 2 unspecified atom stereocenters. The van der Waals surface area contributed by atoms with Crippen LogP contribution in [-0.4, -0.2) is 0 Å². The Morgan fingerprint density at radius 2 is 0.833 bits per heavy atom. The predicted molar refractivity (Wildman–Crippen MR) is 52.9 cm³/mol. The van der Waals surface area contributed by atoms with E-state index in [9.17, 15) is 0 Å². The Bertz CT molecular complexity index is 137. The maximum Gasteiger partial charge on any atom is -0.0357 e. The highest BCUT2D eigenvalue weighted by Gasteiger charge is 2.46. The Morgan fingerprint density at radius 1 is 0.583 bits per heavy atom. The zero-order valence-electron chi connectivity index (χ0n) is 8.88. The summed E-state index contributed by atoms with van der Waals surface area (Å²) in [6, 6.07) is 0. The molecule has 0 spiro atoms. The van der Waals surface area contributed by atoms with Gasteiger partial charge < -0.3 is 0 Å². The zero-order chi connectivity index (χ0) is 8.88. The summed E-state index contributed by atoms with van der Waals surface area (Å²) in [5.74, 6) is 6.06. The van der Waals surface area contributed by atoms with Gasteiger partial charge in [-0.25, -0.2) is 0 Å². The lowest BCUT2D eigenvalue weighted by Crippen LogP contribution is -2.47. The summed E-state index contributed by atoms with van der Waals surface area (Å²) in [4.78, 5) is 0. The van der Waals surface area contributed by atoms with Gasteiger partial charge in [-0.3, -0.25) is 0 Å². The van der Waals surface area contributed by atoms with Crippen molar-refractivity contribution >= 4 is 0 Å². The average Bonchev–Trinajstić information content (AvgIpc) is 2.05. The van der Waals surface area contributed by atoms with E-state index in [1.807, 2.05) is 0 Å². The second kappa shape index (κ2) is 2.75. The molecule has 0 radical (unpaired) electrons. The van der Waals surface area contributed by atoms with Crippen molar-refractivity contribution in [2.75, 3.05) is 0 Å². The summed E-state index contributed by atoms with van der Waals surface area (Å²) in [6.07, 6.45) is 3.03. The maximum absolute atomic E-state index is 2.48. The molecule has 3 aliphatic carbocycles. The summed E-state index contributed by atoms with van der Waals surface area (Å²) in [5.41, 5.74) is 0. The molecule has 3 fully saturated rings. The van der Waals surface area contributed by atoms with Gasteiger partial charge in [0.05, 0.1) is 0 Å². The van der Waals surface area contributed by atoms with Crippen molar-refractivity contribution in [1.82, 2.24) is 0 Å². The lowest BCUT2D eigenvalue weighted by molar-refractivity contribution is -0.0466. The van der Waals surface area contributed by atoms with E-state index in [0.29, 0.717) is 0 Å². The minimum Gasteiger partial charge on any atom is -0.0620 e. The molecule has 0 aromatic heterocycles. The number of hydrogen-bond donors (Lipinski definition) is 0. The van der Waals surface area contributed by atoms with E-state index in [1.165, 1.54) is 12.8 Å². The van der Waals surface area contributed by atoms with Gasteiger partial charge in [-0.1, -0.05) is 27.7 Å². The molecular weight excluding hydrogens is 144 g/mol. The first-order chi connectivity index (χ1) is 5.63. The fourth-order valence-corrected chi connectivity index (χ4v) is 3.95. The van der Waals surface area contributed by atoms with Crippen LogP contribution < -0.4 is 0 Å². The van der Waals surface area contributed by atoms with Crippen molar-refractivity contribution in [3.05, 3.63) is 0 Å². The van der Waals surface area contributed by atoms with E-state index >= 15 is 0 Å². The van der Waals surface area contributed by atoms with Crippen LogP contribution in [0.4, 0.5) is 0 Å². The largest absolute Gasteiger partial charge is 0.0620 e. The summed E-state index contributed by atoms with van der Waals surface area (Å²) in [5, 5.41) is 0. The van der Waals surface area contributed by atoms with Crippen molar-refractivity contribution in [2.24, 2.45) is 35.5 Å². The quantitative estimate of drug-likeness (QED) is 0.516. The van der Waals surface area contributed by atoms with Gasteiger partial charge in [0.15, 0.2) is 0 Å². The van der Waals surface area contributed by atoms with Crippen LogP contribution in [0.1, 0.15) is 40.5 Å². The molecule has 3 saturated carbocycles. The van der Waals surface area contributed by atoms with Gasteiger partial charge in [0.25, 0.3) is 0 Å². The Kier molecular flexibility index (Phi) is 1.97. The van der Waals surface area contributed by atoms with Gasteiger partial charge >= 0.3 is 0 Å². The lowest BCUT2D eigenvalue weighted by atomic mass is 9.52. The molecular formula is C12H22. The van der Waals surface area contributed by atoms with Crippen LogP contribution >= 0.6 is 0 Å². The Hall–Kier alpha value is 0. The molecule has 0 amide bonds. The van der Waals surface area contributed by atoms with Crippen LogP contribution in [0, 0.1) is 35.5 Å². The lowest BCUT2D eigenvalue weighted by Gasteiger charge is -2.53. The molecule has 2 bridgehead atoms. The molecule has 3 rings (SSSR count). The average molecular weight is 166 g/mol. The Labute approximate surface area is 76.7 Å². The highest BCUT2D eigenvalue weighted by molar-refractivity contribution is 4.95. The monoisotopic (exact) mass is 166 g/mol. The predicted octanol–water partition coefficient (Wildman–Crippen LogP) is 3.57. The first-order valence-electron chi connectivity index (χ1n) is 5.63. The molecule has 0 aromatic rings. The highest BCUT2D eigenvalue weighted by Crippen LogP contribution is 2.53. The minimum absolute atomic E-state index is 0.995. The van der Waals surface area contributed by atoms with Gasteiger partial charge in [-0.15, -0.1) is 0 Å². The standard InChI is InChI=1S/C12H22/c1-7-8(2)12-6-5-11(7)9(3)10(12)4/h7-12H,5-6H2,1-4H3/t7-,8+,9+,10-,11?,12?. The summed E-state index contributed by atoms with van der Waals surface area (Å²) >= 11 is 0. The number of hydrogen-bond acceptors (Lipinski definition) is 0. The van der Waals surface area contributed by atoms with Crippen molar-refractivity contribution in [1.29, 1.82) is 0 Å². The smallest absolute Gasteiger partial charge is 0.0357 e. The SMILES string of the molecule is C[C@@H]1C2CCC([C@@H](C)[C@H]2C)[C@@H]1C. The second-order valence-electron chi connectivity index (χ2n) is 5.34. The van der Waals surface area contributed by atoms with E-state index in [4.69, 9.17) is 0 Å². The van der Waals surface area contributed by atoms with Gasteiger partial charge in [0.1, 0.15) is 0 Å². The van der Waals surface area contributed by atoms with E-state index < -0.39 is 0 Å². The Balaban J connectivity index is 2.23. The molecule has 0 saturated heterocycles. The Morgan fingerprint density at radius 3 is 1.08 bits per heavy atom. The van der Waals surface area contributed by atoms with Gasteiger partial charge in [-0.2, -0.15) is 0 Å². The first kappa shape index (κ1) is 8.59. The first-order valence-corrected chi connectivity index (χ1v) is 5.63. The molecule has 0 N–H and O–H groups in total. The zero-order valence-corrected chi connectivity index (χ0v) is 8.88. The number of fused-ring (bicyclic) bond motifs is 3. The van der Waals surface area contributed by atoms with E-state index in [0.717, 1.165) is 35.5 Å². The van der Waals surface area contributed by atoms with Crippen LogP contribution in [0.2, 0.25) is 0 Å². The van der Waals surface area contributed by atoms with Gasteiger partial charge in [0.2, 0.25) is 0 Å². The van der Waals surface area contributed by atoms with E-state index in [1.54, 1.807) is 0 Å². The highest BCUT2D eigenvalue weighted by atomic mass is 14.5. The van der Waals surface area contributed by atoms with E-state index in [-0.39, 0.29) is 0 Å². The molecule has 6 atom stereocenters. The third kappa shape index (κ3) is 0.963. The fraction of sp³-hybridized carbons (Fsp3) is 1.00. The third-order valence-electron chi connectivity index (χ3n) is 5.19. The minimum atomic E-state index is 0.995. The molecule has 3 aliphatic rings. The topological polar surface area (TPSA) is 0 Å². The summed E-state index contributed by atoms with van der Waals surface area (Å²) in [6.45, 7) is 9.90. The normalized spacial score (nSPS) is 59.0. The molecule has 0 heterocycles. The number of rotatable bonds is 0. The van der Waals surface area contributed by atoms with Crippen molar-refractivity contribution in [3.8, 4) is 0 Å². The second-order valence-corrected chi connectivity index (χ2v) is 5.34. The molecule has 0 heteroatoms. The third-order valence-corrected chi connectivity index (χ3v) is 5.19. The molecule has 0 nitrogen and oxygen atoms in total. The van der Waals surface area contributed by atoms with Crippen LogP contribution in [-0.2, 0) is 0 Å². The van der Waals surface area contributed by atoms with Crippen LogP contribution in [0.5, 0.6) is 0 Å². The maximum atomic E-state index is 2.48. The fourth-order valence-electron chi connectivity index (χ4n) is 3.95. The van der Waals surface area contributed by atoms with Crippen molar-refractivity contribution in [3.63, 3.8) is 0 Å². The van der Waals surface area contributed by atoms with Crippen LogP contribution in [0.25, 0.3) is 0 Å². The van der Waals surface area contributed by atoms with Gasteiger partial charge in [0, 0.05) is 0 Å². The van der Waals surface area contributed by atoms with Crippen LogP contribution in [0.3, 0.4) is 0 Å². The molecule has 70 valence electrons. The van der Waals surface area contributed by atoms with Crippen molar-refractivity contribution < 1.29 is 0 Å². The molecule has 12 heavy (non-hydrogen) atoms. The van der Waals surface area contributed by atoms with E-state index in [2.05, 4.69) is 27.7 Å². The summed E-state index contributed by atoms with van der Waals surface area (Å²) < 4.78 is 0. The summed E-state index contributed by atoms with van der Waals surface area (Å²) in [7, 11) is 0. The van der Waals surface area contributed by atoms with Crippen LogP contribution in [0.15, 0.2) is 0 Å². The molecule has 0 aromatic carbocycles. The molecule has 0 aliphatic heterocycles. The van der Waals surface area contributed by atoms with Gasteiger partial charge in [-0.05, 0) is 48.3 Å². The van der Waals surface area contributed by atoms with Crippen molar-refractivity contribution in [2.45, 2.75) is 40.5 Å².